The lowest BCUT2D eigenvalue weighted by molar-refractivity contribution is 0.600. The maximum atomic E-state index is 14.7. The molecular weight excluding hydrogens is 601 g/mol. The van der Waals surface area contributed by atoms with Crippen molar-refractivity contribution in [3.8, 4) is 33.8 Å². The first kappa shape index (κ1) is 29.5. The lowest BCUT2D eigenvalue weighted by Crippen LogP contribution is -2.12. The summed E-state index contributed by atoms with van der Waals surface area (Å²) in [5.41, 5.74) is 9.47. The molecule has 0 saturated carbocycles. The summed E-state index contributed by atoms with van der Waals surface area (Å²) < 4.78 is 38.1. The molecule has 0 aliphatic rings. The van der Waals surface area contributed by atoms with E-state index in [4.69, 9.17) is 4.98 Å². The summed E-state index contributed by atoms with van der Waals surface area (Å²) in [6.07, 6.45) is 8.45. The molecule has 9 nitrogen and oxygen atoms in total. The van der Waals surface area contributed by atoms with Crippen LogP contribution in [0.1, 0.15) is 16.7 Å². The molecule has 3 N–H and O–H groups in total. The van der Waals surface area contributed by atoms with Gasteiger partial charge in [0.1, 0.15) is 26.9 Å². The van der Waals surface area contributed by atoms with E-state index >= 15 is 0 Å². The molecule has 0 amide bonds. The molecule has 0 unspecified atom stereocenters. The van der Waals surface area contributed by atoms with Gasteiger partial charge in [-0.2, -0.15) is 5.10 Å². The zero-order valence-corrected chi connectivity index (χ0v) is 25.8. The molecule has 0 spiro atoms. The van der Waals surface area contributed by atoms with Gasteiger partial charge < -0.3 is 10.3 Å². The summed E-state index contributed by atoms with van der Waals surface area (Å²) in [5, 5.41) is 12.0. The number of H-pyrrole nitrogens is 2. The molecule has 11 heteroatoms. The Kier molecular flexibility index (Phi) is 7.85. The number of rotatable bonds is 10. The van der Waals surface area contributed by atoms with Crippen LogP contribution in [0.25, 0.3) is 55.7 Å². The molecule has 0 aliphatic heterocycles. The molecule has 0 atom stereocenters. The second-order valence-corrected chi connectivity index (χ2v) is 13.7. The third-order valence-corrected chi connectivity index (χ3v) is 8.78. The number of hydrogen-bond donors (Lipinski definition) is 3. The quantitative estimate of drug-likeness (QED) is 0.163. The van der Waals surface area contributed by atoms with E-state index in [9.17, 15) is 12.8 Å². The smallest absolute Gasteiger partial charge is 0.147 e. The molecule has 46 heavy (non-hydrogen) atoms. The fourth-order valence-corrected chi connectivity index (χ4v) is 6.19. The number of sulfone groups is 1. The maximum absolute atomic E-state index is 14.7. The number of aryl methyl sites for hydroxylation is 1. The minimum atomic E-state index is -3.19. The van der Waals surface area contributed by atoms with Crippen molar-refractivity contribution >= 4 is 31.8 Å². The third-order valence-electron chi connectivity index (χ3n) is 7.83. The second kappa shape index (κ2) is 12.3. The van der Waals surface area contributed by atoms with Crippen molar-refractivity contribution in [2.45, 2.75) is 19.5 Å². The normalized spacial score (nSPS) is 11.9. The van der Waals surface area contributed by atoms with Gasteiger partial charge in [-0.25, -0.2) is 17.8 Å². The average Bonchev–Trinajstić information content (AvgIpc) is 3.68. The number of nitrogens with one attached hydrogen (secondary N) is 3. The van der Waals surface area contributed by atoms with Crippen LogP contribution < -0.4 is 5.32 Å². The minimum Gasteiger partial charge on any atom is -0.352 e. The van der Waals surface area contributed by atoms with Crippen molar-refractivity contribution in [1.82, 2.24) is 35.5 Å². The molecule has 5 heterocycles. The summed E-state index contributed by atoms with van der Waals surface area (Å²) in [7, 11) is -3.19. The van der Waals surface area contributed by atoms with E-state index in [1.807, 2.05) is 48.7 Å². The van der Waals surface area contributed by atoms with Gasteiger partial charge in [0.05, 0.1) is 34.4 Å². The number of nitrogens with zero attached hydrogens (tertiary/aromatic N) is 4. The van der Waals surface area contributed by atoms with Gasteiger partial charge in [-0.15, -0.1) is 0 Å². The van der Waals surface area contributed by atoms with E-state index < -0.39 is 15.7 Å². The largest absolute Gasteiger partial charge is 0.352 e. The van der Waals surface area contributed by atoms with Crippen LogP contribution >= 0.6 is 0 Å². The standard InChI is InChI=1S/C35H30FN7O2S/c1-46(44,45)10-9-23-11-25(14-27(36)13-23)29-20-39-21-33-28(29)15-32(40-33)35-34-31(42-43-35)8-7-30(41-34)26-12-24(18-38-19-26)17-37-16-22-5-3-2-4-6-22/h2-8,11-15,18-21,37,40H,9-10,16-17H2,1H3,(H,42,43). The Bertz CT molecular complexity index is 2300. The SMILES string of the molecule is CS(=O)(=O)CCc1cc(F)cc(-c2cncc3[nH]c(-c4n[nH]c5ccc(-c6cncc(CNCc7ccccc7)c6)nc45)cc23)c1. The number of pyridine rings is 3. The molecule has 7 aromatic rings. The Morgan fingerprint density at radius 1 is 0.804 bits per heavy atom. The van der Waals surface area contributed by atoms with Crippen molar-refractivity contribution in [2.75, 3.05) is 12.0 Å². The van der Waals surface area contributed by atoms with Crippen LogP contribution in [0.2, 0.25) is 0 Å². The molecule has 0 bridgehead atoms. The molecular formula is C35H30FN7O2S. The van der Waals surface area contributed by atoms with Gasteiger partial charge in [-0.05, 0) is 65.1 Å². The van der Waals surface area contributed by atoms with Crippen molar-refractivity contribution in [2.24, 2.45) is 0 Å². The molecule has 0 saturated heterocycles. The van der Waals surface area contributed by atoms with Crippen LogP contribution in [0.3, 0.4) is 0 Å². The summed E-state index contributed by atoms with van der Waals surface area (Å²) in [4.78, 5) is 17.2. The third kappa shape index (κ3) is 6.42. The Morgan fingerprint density at radius 2 is 1.61 bits per heavy atom. The highest BCUT2D eigenvalue weighted by Crippen LogP contribution is 2.34. The predicted molar refractivity (Wildman–Crippen MR) is 178 cm³/mol. The highest BCUT2D eigenvalue weighted by molar-refractivity contribution is 7.90. The molecule has 2 aromatic carbocycles. The zero-order chi connectivity index (χ0) is 31.7. The van der Waals surface area contributed by atoms with Crippen LogP contribution in [-0.4, -0.2) is 50.6 Å². The lowest BCUT2D eigenvalue weighted by atomic mass is 10.0. The topological polar surface area (TPSA) is 129 Å². The van der Waals surface area contributed by atoms with Crippen LogP contribution in [0.15, 0.2) is 97.6 Å². The van der Waals surface area contributed by atoms with Gasteiger partial charge in [0.15, 0.2) is 0 Å². The lowest BCUT2D eigenvalue weighted by Gasteiger charge is -2.07. The molecule has 230 valence electrons. The number of fused-ring (bicyclic) bond motifs is 2. The Hall–Kier alpha value is -5.26. The van der Waals surface area contributed by atoms with E-state index in [-0.39, 0.29) is 12.2 Å². The first-order valence-electron chi connectivity index (χ1n) is 14.8. The summed E-state index contributed by atoms with van der Waals surface area (Å²) in [5.74, 6) is -0.492. The fourth-order valence-electron chi connectivity index (χ4n) is 5.58. The number of halogens is 1. The van der Waals surface area contributed by atoms with Crippen LogP contribution in [-0.2, 0) is 29.3 Å². The van der Waals surface area contributed by atoms with Crippen molar-refractivity contribution < 1.29 is 12.8 Å². The van der Waals surface area contributed by atoms with Crippen LogP contribution in [0.5, 0.6) is 0 Å². The molecule has 7 rings (SSSR count). The van der Waals surface area contributed by atoms with Gasteiger partial charge in [0.25, 0.3) is 0 Å². The summed E-state index contributed by atoms with van der Waals surface area (Å²) in [6, 6.07) is 22.8. The number of aromatic amines is 2. The molecule has 0 fully saturated rings. The van der Waals surface area contributed by atoms with Crippen molar-refractivity contribution in [3.63, 3.8) is 0 Å². The molecule has 0 radical (unpaired) electrons. The number of benzene rings is 2. The van der Waals surface area contributed by atoms with E-state index in [1.54, 1.807) is 18.6 Å². The first-order chi connectivity index (χ1) is 22.3. The van der Waals surface area contributed by atoms with Gasteiger partial charge in [0, 0.05) is 54.4 Å². The fraction of sp³-hybridized carbons (Fsp3) is 0.143. The highest BCUT2D eigenvalue weighted by Gasteiger charge is 2.17. The number of aromatic nitrogens is 6. The summed E-state index contributed by atoms with van der Waals surface area (Å²) >= 11 is 0. The molecule has 5 aromatic heterocycles. The van der Waals surface area contributed by atoms with E-state index in [0.29, 0.717) is 28.9 Å². The average molecular weight is 632 g/mol. The Morgan fingerprint density at radius 3 is 2.46 bits per heavy atom. The van der Waals surface area contributed by atoms with Crippen LogP contribution in [0.4, 0.5) is 4.39 Å². The second-order valence-electron chi connectivity index (χ2n) is 11.4. The van der Waals surface area contributed by atoms with Gasteiger partial charge >= 0.3 is 0 Å². The highest BCUT2D eigenvalue weighted by atomic mass is 32.2. The predicted octanol–water partition coefficient (Wildman–Crippen LogP) is 6.25. The van der Waals surface area contributed by atoms with E-state index in [0.717, 1.165) is 51.0 Å². The van der Waals surface area contributed by atoms with E-state index in [2.05, 4.69) is 48.7 Å². The van der Waals surface area contributed by atoms with Gasteiger partial charge in [-0.1, -0.05) is 36.4 Å². The molecule has 0 aliphatic carbocycles. The van der Waals surface area contributed by atoms with Gasteiger partial charge in [-0.3, -0.25) is 15.1 Å². The first-order valence-corrected chi connectivity index (χ1v) is 16.8. The summed E-state index contributed by atoms with van der Waals surface area (Å²) in [6.45, 7) is 1.43. The monoisotopic (exact) mass is 631 g/mol. The van der Waals surface area contributed by atoms with Crippen LogP contribution in [0, 0.1) is 5.82 Å². The maximum Gasteiger partial charge on any atom is 0.147 e. The van der Waals surface area contributed by atoms with E-state index in [1.165, 1.54) is 24.0 Å². The van der Waals surface area contributed by atoms with Crippen molar-refractivity contribution in [1.29, 1.82) is 0 Å². The van der Waals surface area contributed by atoms with Crippen molar-refractivity contribution in [3.05, 3.63) is 120 Å². The zero-order valence-electron chi connectivity index (χ0n) is 25.0. The minimum absolute atomic E-state index is 0.0562. The Labute approximate surface area is 264 Å². The number of hydrogen-bond acceptors (Lipinski definition) is 7. The van der Waals surface area contributed by atoms with Gasteiger partial charge in [0.2, 0.25) is 0 Å². The Balaban J connectivity index is 1.19.